The molecular formula is C18H22N4O3. The number of hydrogen-bond donors (Lipinski definition) is 1. The fourth-order valence-electron chi connectivity index (χ4n) is 3.44. The Hall–Kier alpha value is -2.44. The number of aromatic nitrogens is 3. The van der Waals surface area contributed by atoms with Gasteiger partial charge in [0.05, 0.1) is 11.4 Å². The summed E-state index contributed by atoms with van der Waals surface area (Å²) in [7, 11) is 0. The Balaban J connectivity index is 1.59. The quantitative estimate of drug-likeness (QED) is 0.899. The third-order valence-corrected chi connectivity index (χ3v) is 4.90. The van der Waals surface area contributed by atoms with E-state index in [0.29, 0.717) is 17.2 Å². The smallest absolute Gasteiger partial charge is 0.267 e. The van der Waals surface area contributed by atoms with Gasteiger partial charge in [-0.2, -0.15) is 5.10 Å². The van der Waals surface area contributed by atoms with Gasteiger partial charge >= 0.3 is 0 Å². The van der Waals surface area contributed by atoms with Crippen molar-refractivity contribution in [1.29, 1.82) is 0 Å². The van der Waals surface area contributed by atoms with Gasteiger partial charge in [-0.15, -0.1) is 0 Å². The summed E-state index contributed by atoms with van der Waals surface area (Å²) in [5.41, 5.74) is 1.98. The molecule has 4 rings (SSSR count). The summed E-state index contributed by atoms with van der Waals surface area (Å²) < 4.78 is 6.58. The molecule has 2 fully saturated rings. The van der Waals surface area contributed by atoms with Crippen LogP contribution in [0.1, 0.15) is 55.8 Å². The SMILES string of the molecule is Cc1cc(-c2cc(=O)n(CC(=O)NC3CCCC3)nc2C2CC2)on1. The third kappa shape index (κ3) is 3.50. The second-order valence-electron chi connectivity index (χ2n) is 7.09. The molecule has 7 nitrogen and oxygen atoms in total. The van der Waals surface area contributed by atoms with Crippen LogP contribution in [-0.2, 0) is 11.3 Å². The lowest BCUT2D eigenvalue weighted by molar-refractivity contribution is -0.122. The molecule has 0 spiro atoms. The molecule has 2 aromatic rings. The van der Waals surface area contributed by atoms with Crippen LogP contribution >= 0.6 is 0 Å². The number of aryl methyl sites for hydroxylation is 1. The van der Waals surface area contributed by atoms with E-state index >= 15 is 0 Å². The highest BCUT2D eigenvalue weighted by atomic mass is 16.5. The van der Waals surface area contributed by atoms with Crippen molar-refractivity contribution in [3.05, 3.63) is 33.9 Å². The summed E-state index contributed by atoms with van der Waals surface area (Å²) in [6.07, 6.45) is 6.43. The zero-order chi connectivity index (χ0) is 17.4. The molecule has 0 saturated heterocycles. The fourth-order valence-corrected chi connectivity index (χ4v) is 3.44. The minimum Gasteiger partial charge on any atom is -0.356 e. The van der Waals surface area contributed by atoms with E-state index in [-0.39, 0.29) is 24.1 Å². The summed E-state index contributed by atoms with van der Waals surface area (Å²) in [5, 5.41) is 11.4. The van der Waals surface area contributed by atoms with E-state index in [1.54, 1.807) is 6.07 Å². The number of amides is 1. The number of nitrogens with one attached hydrogen (secondary N) is 1. The van der Waals surface area contributed by atoms with Crippen LogP contribution in [-0.4, -0.2) is 26.9 Å². The van der Waals surface area contributed by atoms with Crippen LogP contribution in [0.5, 0.6) is 0 Å². The topological polar surface area (TPSA) is 90.0 Å². The first-order valence-corrected chi connectivity index (χ1v) is 8.95. The Morgan fingerprint density at radius 1 is 1.28 bits per heavy atom. The average Bonchev–Trinajstić information content (AvgIpc) is 3.13. The van der Waals surface area contributed by atoms with Crippen molar-refractivity contribution in [2.75, 3.05) is 0 Å². The van der Waals surface area contributed by atoms with Gasteiger partial charge in [0, 0.05) is 29.7 Å². The summed E-state index contributed by atoms with van der Waals surface area (Å²) >= 11 is 0. The molecule has 2 aliphatic carbocycles. The lowest BCUT2D eigenvalue weighted by Gasteiger charge is -2.13. The molecule has 0 aromatic carbocycles. The maximum atomic E-state index is 12.4. The predicted octanol–water partition coefficient (Wildman–Crippen LogP) is 2.14. The highest BCUT2D eigenvalue weighted by Gasteiger charge is 2.30. The van der Waals surface area contributed by atoms with Gasteiger partial charge in [0.25, 0.3) is 5.56 Å². The van der Waals surface area contributed by atoms with E-state index in [9.17, 15) is 9.59 Å². The van der Waals surface area contributed by atoms with E-state index < -0.39 is 0 Å². The van der Waals surface area contributed by atoms with Gasteiger partial charge in [-0.3, -0.25) is 9.59 Å². The monoisotopic (exact) mass is 342 g/mol. The molecule has 1 N–H and O–H groups in total. The van der Waals surface area contributed by atoms with Gasteiger partial charge in [-0.05, 0) is 32.6 Å². The fraction of sp³-hybridized carbons (Fsp3) is 0.556. The van der Waals surface area contributed by atoms with Gasteiger partial charge < -0.3 is 9.84 Å². The van der Waals surface area contributed by atoms with Crippen LogP contribution in [0, 0.1) is 6.92 Å². The van der Waals surface area contributed by atoms with Crippen molar-refractivity contribution < 1.29 is 9.32 Å². The van der Waals surface area contributed by atoms with Gasteiger partial charge in [-0.1, -0.05) is 18.0 Å². The minimum absolute atomic E-state index is 0.0369. The molecule has 0 aliphatic heterocycles. The van der Waals surface area contributed by atoms with Crippen LogP contribution in [0.3, 0.4) is 0 Å². The zero-order valence-electron chi connectivity index (χ0n) is 14.3. The second-order valence-corrected chi connectivity index (χ2v) is 7.09. The van der Waals surface area contributed by atoms with Crippen molar-refractivity contribution in [2.24, 2.45) is 0 Å². The van der Waals surface area contributed by atoms with Gasteiger partial charge in [0.1, 0.15) is 6.54 Å². The summed E-state index contributed by atoms with van der Waals surface area (Å²) in [6, 6.07) is 3.56. The maximum absolute atomic E-state index is 12.4. The molecule has 0 bridgehead atoms. The first-order valence-electron chi connectivity index (χ1n) is 8.95. The molecule has 132 valence electrons. The van der Waals surface area contributed by atoms with Crippen molar-refractivity contribution in [1.82, 2.24) is 20.3 Å². The summed E-state index contributed by atoms with van der Waals surface area (Å²) in [5.74, 6) is 0.739. The van der Waals surface area contributed by atoms with Gasteiger partial charge in [0.15, 0.2) is 5.76 Å². The van der Waals surface area contributed by atoms with Crippen LogP contribution in [0.2, 0.25) is 0 Å². The Labute approximate surface area is 145 Å². The zero-order valence-corrected chi connectivity index (χ0v) is 14.3. The van der Waals surface area contributed by atoms with Crippen molar-refractivity contribution in [3.63, 3.8) is 0 Å². The van der Waals surface area contributed by atoms with Crippen LogP contribution < -0.4 is 10.9 Å². The number of rotatable bonds is 5. The maximum Gasteiger partial charge on any atom is 0.267 e. The number of carbonyl (C=O) groups excluding carboxylic acids is 1. The number of carbonyl (C=O) groups is 1. The highest BCUT2D eigenvalue weighted by Crippen LogP contribution is 2.42. The molecule has 2 aliphatic rings. The first kappa shape index (κ1) is 16.1. The minimum atomic E-state index is -0.296. The van der Waals surface area contributed by atoms with E-state index in [4.69, 9.17) is 4.52 Å². The van der Waals surface area contributed by atoms with Gasteiger partial charge in [0.2, 0.25) is 5.91 Å². The highest BCUT2D eigenvalue weighted by molar-refractivity contribution is 5.76. The largest absolute Gasteiger partial charge is 0.356 e. The van der Waals surface area contributed by atoms with Crippen molar-refractivity contribution in [3.8, 4) is 11.3 Å². The Morgan fingerprint density at radius 3 is 2.68 bits per heavy atom. The standard InChI is InChI=1S/C18H22N4O3/c1-11-8-15(25-21-11)14-9-17(24)22(20-18(14)12-6-7-12)10-16(23)19-13-4-2-3-5-13/h8-9,12-13H,2-7,10H2,1H3,(H,19,23). The van der Waals surface area contributed by atoms with Crippen molar-refractivity contribution >= 4 is 5.91 Å². The lowest BCUT2D eigenvalue weighted by Crippen LogP contribution is -2.38. The van der Waals surface area contributed by atoms with Crippen LogP contribution in [0.15, 0.2) is 21.5 Å². The molecule has 2 aromatic heterocycles. The second kappa shape index (κ2) is 6.46. The molecule has 0 unspecified atom stereocenters. The molecule has 0 radical (unpaired) electrons. The predicted molar refractivity (Wildman–Crippen MR) is 91.1 cm³/mol. The molecule has 0 atom stereocenters. The first-order chi connectivity index (χ1) is 12.1. The third-order valence-electron chi connectivity index (χ3n) is 4.90. The molecule has 1 amide bonds. The Morgan fingerprint density at radius 2 is 2.04 bits per heavy atom. The van der Waals surface area contributed by atoms with Gasteiger partial charge in [-0.25, -0.2) is 4.68 Å². The Kier molecular flexibility index (Phi) is 4.15. The molecular weight excluding hydrogens is 320 g/mol. The number of nitrogens with zero attached hydrogens (tertiary/aromatic N) is 3. The Bertz CT molecular complexity index is 844. The van der Waals surface area contributed by atoms with Crippen molar-refractivity contribution in [2.45, 2.75) is 64.0 Å². The van der Waals surface area contributed by atoms with Crippen LogP contribution in [0.4, 0.5) is 0 Å². The lowest BCUT2D eigenvalue weighted by atomic mass is 10.1. The average molecular weight is 342 g/mol. The molecule has 2 heterocycles. The van der Waals surface area contributed by atoms with E-state index in [0.717, 1.165) is 49.9 Å². The van der Waals surface area contributed by atoms with E-state index in [2.05, 4.69) is 15.6 Å². The van der Waals surface area contributed by atoms with E-state index in [1.807, 2.05) is 6.92 Å². The molecule has 2 saturated carbocycles. The number of hydrogen-bond acceptors (Lipinski definition) is 5. The summed E-state index contributed by atoms with van der Waals surface area (Å²) in [6.45, 7) is 1.80. The van der Waals surface area contributed by atoms with E-state index in [1.165, 1.54) is 10.7 Å². The van der Waals surface area contributed by atoms with Crippen LogP contribution in [0.25, 0.3) is 11.3 Å². The molecule has 7 heteroatoms. The summed E-state index contributed by atoms with van der Waals surface area (Å²) in [4.78, 5) is 24.7. The normalized spacial score (nSPS) is 17.8. The molecule has 25 heavy (non-hydrogen) atoms.